The fourth-order valence-corrected chi connectivity index (χ4v) is 2.38. The van der Waals surface area contributed by atoms with Crippen LogP contribution in [0.1, 0.15) is 25.3 Å². The van der Waals surface area contributed by atoms with Crippen molar-refractivity contribution >= 4 is 15.9 Å². The molecule has 1 atom stereocenters. The Balaban J connectivity index is 2.38. The number of ether oxygens (including phenoxy) is 1. The number of hydrogen-bond donors (Lipinski definition) is 1. The summed E-state index contributed by atoms with van der Waals surface area (Å²) in [6.45, 7) is 5.06. The van der Waals surface area contributed by atoms with E-state index >= 15 is 0 Å². The lowest BCUT2D eigenvalue weighted by Gasteiger charge is -2.17. The van der Waals surface area contributed by atoms with Gasteiger partial charge in [0.1, 0.15) is 0 Å². The number of hydrogen-bond acceptors (Lipinski definition) is 2. The van der Waals surface area contributed by atoms with Gasteiger partial charge in [0.25, 0.3) is 0 Å². The Kier molecular flexibility index (Phi) is 8.31. The number of rotatable bonds is 9. The minimum absolute atomic E-state index is 0.716. The van der Waals surface area contributed by atoms with E-state index in [-0.39, 0.29) is 0 Å². The minimum Gasteiger partial charge on any atom is -0.383 e. The second-order valence-electron chi connectivity index (χ2n) is 4.68. The Bertz CT molecular complexity index is 313. The molecule has 0 fully saturated rings. The highest BCUT2D eigenvalue weighted by atomic mass is 79.9. The average Bonchev–Trinajstić information content (AvgIpc) is 2.37. The second kappa shape index (κ2) is 9.54. The SMILES string of the molecule is CCCC(CNCCOC)Cc1ccc(Br)cc1. The highest BCUT2D eigenvalue weighted by molar-refractivity contribution is 9.10. The first-order valence-electron chi connectivity index (χ1n) is 6.70. The third-order valence-corrected chi connectivity index (χ3v) is 3.58. The minimum atomic E-state index is 0.716. The Hall–Kier alpha value is -0.380. The van der Waals surface area contributed by atoms with Gasteiger partial charge in [-0.1, -0.05) is 41.4 Å². The molecule has 0 saturated carbocycles. The summed E-state index contributed by atoms with van der Waals surface area (Å²) >= 11 is 3.48. The lowest BCUT2D eigenvalue weighted by molar-refractivity contribution is 0.197. The topological polar surface area (TPSA) is 21.3 Å². The lowest BCUT2D eigenvalue weighted by Crippen LogP contribution is -2.27. The molecule has 1 aromatic carbocycles. The van der Waals surface area contributed by atoms with E-state index < -0.39 is 0 Å². The maximum atomic E-state index is 5.05. The van der Waals surface area contributed by atoms with Crippen LogP contribution in [0.4, 0.5) is 0 Å². The predicted octanol–water partition coefficient (Wildman–Crippen LogP) is 3.64. The molecule has 0 aromatic heterocycles. The van der Waals surface area contributed by atoms with Gasteiger partial charge in [0.05, 0.1) is 6.61 Å². The zero-order valence-electron chi connectivity index (χ0n) is 11.4. The summed E-state index contributed by atoms with van der Waals surface area (Å²) in [6.07, 6.45) is 3.67. The number of methoxy groups -OCH3 is 1. The van der Waals surface area contributed by atoms with Crippen molar-refractivity contribution in [2.24, 2.45) is 5.92 Å². The molecule has 1 unspecified atom stereocenters. The monoisotopic (exact) mass is 313 g/mol. The molecule has 18 heavy (non-hydrogen) atoms. The lowest BCUT2D eigenvalue weighted by atomic mass is 9.95. The Labute approximate surface area is 119 Å². The van der Waals surface area contributed by atoms with Crippen molar-refractivity contribution in [3.63, 3.8) is 0 Å². The van der Waals surface area contributed by atoms with Crippen LogP contribution >= 0.6 is 15.9 Å². The molecule has 0 amide bonds. The number of benzene rings is 1. The van der Waals surface area contributed by atoms with E-state index in [1.807, 2.05) is 0 Å². The molecule has 0 heterocycles. The second-order valence-corrected chi connectivity index (χ2v) is 5.60. The van der Waals surface area contributed by atoms with Crippen molar-refractivity contribution in [2.45, 2.75) is 26.2 Å². The molecule has 0 aliphatic heterocycles. The summed E-state index contributed by atoms with van der Waals surface area (Å²) in [4.78, 5) is 0. The molecule has 1 rings (SSSR count). The van der Waals surface area contributed by atoms with Crippen molar-refractivity contribution in [1.82, 2.24) is 5.32 Å². The van der Waals surface area contributed by atoms with E-state index in [1.165, 1.54) is 18.4 Å². The molecule has 1 aromatic rings. The van der Waals surface area contributed by atoms with Gasteiger partial charge >= 0.3 is 0 Å². The van der Waals surface area contributed by atoms with E-state index in [1.54, 1.807) is 7.11 Å². The third kappa shape index (κ3) is 6.53. The van der Waals surface area contributed by atoms with Gasteiger partial charge in [-0.25, -0.2) is 0 Å². The maximum Gasteiger partial charge on any atom is 0.0587 e. The first-order chi connectivity index (χ1) is 8.76. The summed E-state index contributed by atoms with van der Waals surface area (Å²) in [7, 11) is 1.74. The molecule has 0 bridgehead atoms. The quantitative estimate of drug-likeness (QED) is 0.703. The van der Waals surface area contributed by atoms with Crippen LogP contribution in [0.15, 0.2) is 28.7 Å². The van der Waals surface area contributed by atoms with E-state index in [0.29, 0.717) is 5.92 Å². The van der Waals surface area contributed by atoms with Crippen LogP contribution in [0.25, 0.3) is 0 Å². The van der Waals surface area contributed by atoms with Crippen molar-refractivity contribution in [1.29, 1.82) is 0 Å². The van der Waals surface area contributed by atoms with Gasteiger partial charge in [0.15, 0.2) is 0 Å². The Morgan fingerprint density at radius 1 is 1.28 bits per heavy atom. The molecule has 0 saturated heterocycles. The summed E-state index contributed by atoms with van der Waals surface area (Å²) in [5.41, 5.74) is 1.42. The molecule has 0 radical (unpaired) electrons. The van der Waals surface area contributed by atoms with Crippen LogP contribution in [-0.4, -0.2) is 26.8 Å². The summed E-state index contributed by atoms with van der Waals surface area (Å²) in [6, 6.07) is 8.66. The van der Waals surface area contributed by atoms with E-state index in [2.05, 4.69) is 52.4 Å². The fourth-order valence-electron chi connectivity index (χ4n) is 2.12. The number of nitrogens with one attached hydrogen (secondary N) is 1. The van der Waals surface area contributed by atoms with Crippen LogP contribution in [0.3, 0.4) is 0 Å². The van der Waals surface area contributed by atoms with Gasteiger partial charge in [0, 0.05) is 18.1 Å². The normalized spacial score (nSPS) is 12.6. The van der Waals surface area contributed by atoms with E-state index in [9.17, 15) is 0 Å². The predicted molar refractivity (Wildman–Crippen MR) is 81.0 cm³/mol. The highest BCUT2D eigenvalue weighted by Gasteiger charge is 2.08. The first kappa shape index (κ1) is 15.7. The van der Waals surface area contributed by atoms with Crippen LogP contribution in [0, 0.1) is 5.92 Å². The van der Waals surface area contributed by atoms with Crippen LogP contribution < -0.4 is 5.32 Å². The fraction of sp³-hybridized carbons (Fsp3) is 0.600. The molecular formula is C15H24BrNO. The van der Waals surface area contributed by atoms with Gasteiger partial charge in [-0.05, 0) is 43.0 Å². The van der Waals surface area contributed by atoms with Crippen molar-refractivity contribution in [3.05, 3.63) is 34.3 Å². The number of halogens is 1. The van der Waals surface area contributed by atoms with Crippen LogP contribution in [0.2, 0.25) is 0 Å². The van der Waals surface area contributed by atoms with Crippen molar-refractivity contribution < 1.29 is 4.74 Å². The largest absolute Gasteiger partial charge is 0.383 e. The zero-order valence-corrected chi connectivity index (χ0v) is 13.0. The summed E-state index contributed by atoms with van der Waals surface area (Å²) < 4.78 is 6.20. The van der Waals surface area contributed by atoms with E-state index in [0.717, 1.165) is 30.6 Å². The average molecular weight is 314 g/mol. The van der Waals surface area contributed by atoms with Gasteiger partial charge in [-0.15, -0.1) is 0 Å². The van der Waals surface area contributed by atoms with E-state index in [4.69, 9.17) is 4.74 Å². The molecule has 0 spiro atoms. The van der Waals surface area contributed by atoms with Gasteiger partial charge in [0.2, 0.25) is 0 Å². The van der Waals surface area contributed by atoms with Gasteiger partial charge in [-0.2, -0.15) is 0 Å². The van der Waals surface area contributed by atoms with Crippen LogP contribution in [-0.2, 0) is 11.2 Å². The molecule has 1 N–H and O–H groups in total. The highest BCUT2D eigenvalue weighted by Crippen LogP contribution is 2.16. The summed E-state index contributed by atoms with van der Waals surface area (Å²) in [5.74, 6) is 0.716. The van der Waals surface area contributed by atoms with Crippen LogP contribution in [0.5, 0.6) is 0 Å². The molecule has 3 heteroatoms. The van der Waals surface area contributed by atoms with Gasteiger partial charge in [-0.3, -0.25) is 0 Å². The standard InChI is InChI=1S/C15H24BrNO/c1-3-4-14(12-17-9-10-18-2)11-13-5-7-15(16)8-6-13/h5-8,14,17H,3-4,9-12H2,1-2H3. The molecule has 0 aliphatic carbocycles. The Morgan fingerprint density at radius 2 is 2.00 bits per heavy atom. The zero-order chi connectivity index (χ0) is 13.2. The maximum absolute atomic E-state index is 5.05. The Morgan fingerprint density at radius 3 is 2.61 bits per heavy atom. The summed E-state index contributed by atoms with van der Waals surface area (Å²) in [5, 5.41) is 3.47. The molecule has 2 nitrogen and oxygen atoms in total. The smallest absolute Gasteiger partial charge is 0.0587 e. The third-order valence-electron chi connectivity index (χ3n) is 3.05. The molecule has 0 aliphatic rings. The van der Waals surface area contributed by atoms with Crippen molar-refractivity contribution in [2.75, 3.05) is 26.8 Å². The molecule has 102 valence electrons. The first-order valence-corrected chi connectivity index (χ1v) is 7.49. The molecular weight excluding hydrogens is 290 g/mol. The van der Waals surface area contributed by atoms with Crippen molar-refractivity contribution in [3.8, 4) is 0 Å². The van der Waals surface area contributed by atoms with Gasteiger partial charge < -0.3 is 10.1 Å².